The van der Waals surface area contributed by atoms with Crippen LogP contribution in [0.15, 0.2) is 66.2 Å². The Hall–Kier alpha value is -3.34. The van der Waals surface area contributed by atoms with E-state index in [1.165, 1.54) is 11.3 Å². The van der Waals surface area contributed by atoms with Crippen molar-refractivity contribution in [1.82, 2.24) is 9.78 Å². The lowest BCUT2D eigenvalue weighted by atomic mass is 9.77. The first-order chi connectivity index (χ1) is 19.6. The second-order valence-electron chi connectivity index (χ2n) is 10.9. The van der Waals surface area contributed by atoms with Gasteiger partial charge in [-0.25, -0.2) is 4.68 Å². The third-order valence-electron chi connectivity index (χ3n) is 7.61. The number of β-lactam (4-membered cyclic amide) rings is 1. The van der Waals surface area contributed by atoms with Gasteiger partial charge in [0.15, 0.2) is 0 Å². The van der Waals surface area contributed by atoms with Crippen molar-refractivity contribution in [2.24, 2.45) is 0 Å². The first-order valence-corrected chi connectivity index (χ1v) is 15.1. The molecule has 0 saturated carbocycles. The molecule has 1 aliphatic heterocycles. The monoisotopic (exact) mass is 618 g/mol. The Kier molecular flexibility index (Phi) is 7.12. The van der Waals surface area contributed by atoms with Crippen LogP contribution in [0.5, 0.6) is 0 Å². The molecule has 6 rings (SSSR count). The zero-order chi connectivity index (χ0) is 29.1. The number of para-hydroxylation sites is 1. The Labute approximate surface area is 257 Å². The molecule has 2 aromatic heterocycles. The van der Waals surface area contributed by atoms with Crippen molar-refractivity contribution in [3.8, 4) is 11.8 Å². The summed E-state index contributed by atoms with van der Waals surface area (Å²) < 4.78 is 1.73. The molecular formula is C32H25Cl3N4OS. The Balaban J connectivity index is 1.39. The van der Waals surface area contributed by atoms with E-state index in [2.05, 4.69) is 25.0 Å². The van der Waals surface area contributed by atoms with E-state index in [9.17, 15) is 10.1 Å². The number of carbonyl (C=O) groups excluding carboxylic acids is 1. The van der Waals surface area contributed by atoms with Crippen LogP contribution in [0.25, 0.3) is 17.8 Å². The molecule has 1 fully saturated rings. The largest absolute Gasteiger partial charge is 0.292 e. The maximum atomic E-state index is 13.1. The van der Waals surface area contributed by atoms with Gasteiger partial charge in [-0.1, -0.05) is 79.5 Å². The molecule has 9 heteroatoms. The van der Waals surface area contributed by atoms with E-state index in [-0.39, 0.29) is 11.3 Å². The molecule has 2 aromatic carbocycles. The van der Waals surface area contributed by atoms with Crippen LogP contribution in [0.2, 0.25) is 10.2 Å². The minimum Gasteiger partial charge on any atom is -0.292 e. The van der Waals surface area contributed by atoms with E-state index in [1.54, 1.807) is 15.6 Å². The molecule has 5 nitrogen and oxygen atoms in total. The zero-order valence-corrected chi connectivity index (χ0v) is 25.6. The third-order valence-corrected chi connectivity index (χ3v) is 10.3. The molecule has 0 radical (unpaired) electrons. The average Bonchev–Trinajstić information content (AvgIpc) is 3.47. The highest BCUT2D eigenvalue weighted by molar-refractivity contribution is 7.17. The van der Waals surface area contributed by atoms with Gasteiger partial charge in [-0.2, -0.15) is 10.4 Å². The molecule has 1 amide bonds. The van der Waals surface area contributed by atoms with Gasteiger partial charge in [-0.15, -0.1) is 22.9 Å². The highest BCUT2D eigenvalue weighted by atomic mass is 35.5. The van der Waals surface area contributed by atoms with Crippen LogP contribution in [-0.2, 0) is 10.2 Å². The lowest BCUT2D eigenvalue weighted by molar-refractivity contribution is -0.123. The number of nitrogens with zero attached hydrogens (tertiary/aromatic N) is 4. The molecule has 1 saturated heterocycles. The molecule has 206 valence electrons. The van der Waals surface area contributed by atoms with Gasteiger partial charge in [0, 0.05) is 26.4 Å². The summed E-state index contributed by atoms with van der Waals surface area (Å²) in [6.45, 7) is 6.26. The fourth-order valence-corrected chi connectivity index (χ4v) is 7.92. The number of halogens is 3. The number of anilines is 1. The van der Waals surface area contributed by atoms with E-state index in [1.807, 2.05) is 73.7 Å². The van der Waals surface area contributed by atoms with Gasteiger partial charge in [-0.3, -0.25) is 9.69 Å². The molecular weight excluding hydrogens is 595 g/mol. The molecule has 0 bridgehead atoms. The fourth-order valence-electron chi connectivity index (χ4n) is 5.61. The number of thiophene rings is 1. The van der Waals surface area contributed by atoms with Gasteiger partial charge in [0.05, 0.1) is 23.0 Å². The number of carbonyl (C=O) groups is 1. The molecule has 2 aliphatic rings. The highest BCUT2D eigenvalue weighted by Gasteiger charge is 2.51. The molecule has 4 aromatic rings. The van der Waals surface area contributed by atoms with Crippen LogP contribution in [0.1, 0.15) is 59.1 Å². The molecule has 0 spiro atoms. The van der Waals surface area contributed by atoms with Crippen molar-refractivity contribution >= 4 is 69.2 Å². The van der Waals surface area contributed by atoms with Gasteiger partial charge in [0.25, 0.3) is 0 Å². The number of aromatic nitrogens is 2. The molecule has 1 aliphatic carbocycles. The smallest absolute Gasteiger partial charge is 0.248 e. The summed E-state index contributed by atoms with van der Waals surface area (Å²) in [5.74, 6) is -0.228. The number of allylic oxidation sites excluding steroid dienone is 2. The summed E-state index contributed by atoms with van der Waals surface area (Å²) in [6.07, 6.45) is 6.84. The van der Waals surface area contributed by atoms with Crippen molar-refractivity contribution in [1.29, 1.82) is 5.26 Å². The number of hydrogen-bond acceptors (Lipinski definition) is 4. The van der Waals surface area contributed by atoms with Gasteiger partial charge in [0.2, 0.25) is 5.91 Å². The van der Waals surface area contributed by atoms with Crippen molar-refractivity contribution in [3.63, 3.8) is 0 Å². The van der Waals surface area contributed by atoms with E-state index in [0.717, 1.165) is 44.9 Å². The van der Waals surface area contributed by atoms with Crippen molar-refractivity contribution in [2.75, 3.05) is 4.90 Å². The third kappa shape index (κ3) is 4.62. The first-order valence-electron chi connectivity index (χ1n) is 13.1. The number of aryl methyl sites for hydroxylation is 1. The zero-order valence-electron chi connectivity index (χ0n) is 22.5. The molecule has 3 heterocycles. The van der Waals surface area contributed by atoms with E-state index < -0.39 is 11.4 Å². The minimum absolute atomic E-state index is 0.228. The van der Waals surface area contributed by atoms with Crippen LogP contribution in [0, 0.1) is 18.3 Å². The van der Waals surface area contributed by atoms with E-state index in [0.29, 0.717) is 20.7 Å². The van der Waals surface area contributed by atoms with Gasteiger partial charge in [-0.05, 0) is 54.8 Å². The summed E-state index contributed by atoms with van der Waals surface area (Å²) in [4.78, 5) is 15.8. The van der Waals surface area contributed by atoms with Crippen LogP contribution in [-0.4, -0.2) is 21.1 Å². The second-order valence-corrected chi connectivity index (χ2v) is 13.1. The minimum atomic E-state index is -0.743. The van der Waals surface area contributed by atoms with Crippen molar-refractivity contribution in [2.45, 2.75) is 44.0 Å². The highest BCUT2D eigenvalue weighted by Crippen LogP contribution is 2.53. The number of fused-ring (bicyclic) bond motifs is 1. The number of amides is 1. The number of alkyl halides is 1. The van der Waals surface area contributed by atoms with Gasteiger partial charge < -0.3 is 0 Å². The Morgan fingerprint density at radius 3 is 2.51 bits per heavy atom. The molecule has 0 N–H and O–H groups in total. The summed E-state index contributed by atoms with van der Waals surface area (Å²) in [5.41, 5.74) is 5.43. The van der Waals surface area contributed by atoms with Gasteiger partial charge >= 0.3 is 0 Å². The molecule has 2 unspecified atom stereocenters. The summed E-state index contributed by atoms with van der Waals surface area (Å²) in [6, 6.07) is 19.1. The van der Waals surface area contributed by atoms with E-state index in [4.69, 9.17) is 34.8 Å². The number of rotatable bonds is 5. The van der Waals surface area contributed by atoms with Crippen molar-refractivity contribution < 1.29 is 4.79 Å². The first kappa shape index (κ1) is 27.8. The predicted octanol–water partition coefficient (Wildman–Crippen LogP) is 8.89. The Bertz CT molecular complexity index is 1800. The summed E-state index contributed by atoms with van der Waals surface area (Å²) in [5, 5.41) is 15.9. The average molecular weight is 620 g/mol. The maximum Gasteiger partial charge on any atom is 0.248 e. The number of hydrogen-bond donors (Lipinski definition) is 0. The van der Waals surface area contributed by atoms with Gasteiger partial charge in [0.1, 0.15) is 21.6 Å². The van der Waals surface area contributed by atoms with Crippen molar-refractivity contribution in [3.05, 3.63) is 109 Å². The lowest BCUT2D eigenvalue weighted by Gasteiger charge is -2.44. The quantitative estimate of drug-likeness (QED) is 0.166. The lowest BCUT2D eigenvalue weighted by Crippen LogP contribution is -2.56. The number of nitriles is 1. The maximum absolute atomic E-state index is 13.1. The Morgan fingerprint density at radius 2 is 1.80 bits per heavy atom. The second kappa shape index (κ2) is 10.5. The molecule has 41 heavy (non-hydrogen) atoms. The summed E-state index contributed by atoms with van der Waals surface area (Å²) >= 11 is 21.3. The summed E-state index contributed by atoms with van der Waals surface area (Å²) in [7, 11) is 0. The van der Waals surface area contributed by atoms with Crippen LogP contribution >= 0.6 is 46.1 Å². The van der Waals surface area contributed by atoms with Crippen LogP contribution in [0.3, 0.4) is 0 Å². The van der Waals surface area contributed by atoms with E-state index >= 15 is 0 Å². The predicted molar refractivity (Wildman–Crippen MR) is 168 cm³/mol. The topological polar surface area (TPSA) is 61.9 Å². The molecule has 2 atom stereocenters. The fraction of sp³-hybridized carbons (Fsp3) is 0.219. The normalized spacial score (nSPS) is 19.6. The SMILES string of the molecule is Cc1nn(-c2ccccc2)c(Cl)c1/C=C\C1=Cc2c(sc(N3C(=O)C(Cl)C3c3ccccc3Cl)c2C#N)C(C)(C)C1. The standard InChI is InChI=1S/C32H25Cl3N4OS/c1-18-21(29(35)39(37-18)20-9-5-4-6-10-20)14-13-19-15-23-24(17-36)31(41-28(23)32(2,3)16-19)38-27(26(34)30(38)40)22-11-7-8-12-25(22)33/h4-15,26-27H,16H2,1-3H3/b14-13-. The van der Waals surface area contributed by atoms with Crippen LogP contribution < -0.4 is 4.90 Å². The Morgan fingerprint density at radius 1 is 1.10 bits per heavy atom. The number of benzene rings is 2. The van der Waals surface area contributed by atoms with Crippen LogP contribution in [0.4, 0.5) is 5.00 Å².